The summed E-state index contributed by atoms with van der Waals surface area (Å²) >= 11 is 0. The highest BCUT2D eigenvalue weighted by Crippen LogP contribution is 2.19. The van der Waals surface area contributed by atoms with E-state index in [2.05, 4.69) is 15.2 Å². The van der Waals surface area contributed by atoms with Gasteiger partial charge in [0.2, 0.25) is 0 Å². The van der Waals surface area contributed by atoms with Crippen molar-refractivity contribution in [2.24, 2.45) is 0 Å². The Morgan fingerprint density at radius 1 is 1.22 bits per heavy atom. The maximum absolute atomic E-state index is 11.8. The molecule has 5 nitrogen and oxygen atoms in total. The first-order valence-corrected chi connectivity index (χ1v) is 5.66. The van der Waals surface area contributed by atoms with Gasteiger partial charge in [-0.05, 0) is 13.8 Å². The molecule has 0 atom stereocenters. The van der Waals surface area contributed by atoms with E-state index in [0.717, 1.165) is 5.56 Å². The summed E-state index contributed by atoms with van der Waals surface area (Å²) in [5.74, 6) is 0.0123. The number of aryl methyl sites for hydroxylation is 1. The number of hydrogen-bond donors (Lipinski definition) is 0. The first kappa shape index (κ1) is 12.2. The molecule has 0 amide bonds. The van der Waals surface area contributed by atoms with Gasteiger partial charge in [0.15, 0.2) is 5.69 Å². The molecule has 0 saturated heterocycles. The minimum Gasteiger partial charge on any atom is -0.461 e. The van der Waals surface area contributed by atoms with Gasteiger partial charge in [-0.1, -0.05) is 30.3 Å². The zero-order chi connectivity index (χ0) is 13.0. The molecule has 92 valence electrons. The van der Waals surface area contributed by atoms with Crippen molar-refractivity contribution in [1.29, 1.82) is 0 Å². The molecule has 0 fully saturated rings. The van der Waals surface area contributed by atoms with Crippen LogP contribution in [0.15, 0.2) is 30.3 Å². The molecular weight excluding hydrogens is 230 g/mol. The summed E-state index contributed by atoms with van der Waals surface area (Å²) in [7, 11) is 0. The van der Waals surface area contributed by atoms with Gasteiger partial charge in [-0.3, -0.25) is 0 Å². The number of ether oxygens (including phenoxy) is 1. The largest absolute Gasteiger partial charge is 0.461 e. The number of rotatable bonds is 3. The first-order valence-electron chi connectivity index (χ1n) is 5.66. The van der Waals surface area contributed by atoms with Gasteiger partial charge in [0.25, 0.3) is 0 Å². The van der Waals surface area contributed by atoms with Crippen molar-refractivity contribution in [3.8, 4) is 11.3 Å². The molecule has 1 aromatic heterocycles. The van der Waals surface area contributed by atoms with Crippen molar-refractivity contribution >= 4 is 5.97 Å². The lowest BCUT2D eigenvalue weighted by molar-refractivity contribution is 0.0518. The van der Waals surface area contributed by atoms with Crippen LogP contribution in [0, 0.1) is 6.92 Å². The standard InChI is InChI=1S/C13H13N3O2/c1-3-18-13(17)12-11(14-9(2)15-16-12)10-7-5-4-6-8-10/h4-8H,3H2,1-2H3. The second-order valence-electron chi connectivity index (χ2n) is 3.64. The van der Waals surface area contributed by atoms with Gasteiger partial charge in [-0.2, -0.15) is 0 Å². The van der Waals surface area contributed by atoms with Gasteiger partial charge >= 0.3 is 5.97 Å². The van der Waals surface area contributed by atoms with Gasteiger partial charge in [0.1, 0.15) is 11.5 Å². The summed E-state index contributed by atoms with van der Waals surface area (Å²) in [6.07, 6.45) is 0. The van der Waals surface area contributed by atoms with Crippen molar-refractivity contribution in [2.75, 3.05) is 6.61 Å². The van der Waals surface area contributed by atoms with Crippen LogP contribution in [0.5, 0.6) is 0 Å². The Balaban J connectivity index is 2.51. The van der Waals surface area contributed by atoms with E-state index < -0.39 is 5.97 Å². The molecule has 0 aliphatic carbocycles. The first-order chi connectivity index (χ1) is 8.72. The molecule has 2 aromatic rings. The van der Waals surface area contributed by atoms with E-state index in [1.807, 2.05) is 30.3 Å². The third-order valence-corrected chi connectivity index (χ3v) is 2.31. The Morgan fingerprint density at radius 2 is 1.94 bits per heavy atom. The fourth-order valence-electron chi connectivity index (χ4n) is 1.54. The molecule has 0 unspecified atom stereocenters. The van der Waals surface area contributed by atoms with Crippen molar-refractivity contribution < 1.29 is 9.53 Å². The highest BCUT2D eigenvalue weighted by molar-refractivity contribution is 5.93. The van der Waals surface area contributed by atoms with Crippen molar-refractivity contribution in [3.63, 3.8) is 0 Å². The minimum absolute atomic E-state index is 0.147. The van der Waals surface area contributed by atoms with Crippen LogP contribution < -0.4 is 0 Å². The number of esters is 1. The average molecular weight is 243 g/mol. The second kappa shape index (κ2) is 5.35. The molecule has 0 N–H and O–H groups in total. The molecule has 0 aliphatic rings. The third kappa shape index (κ3) is 2.51. The fourth-order valence-corrected chi connectivity index (χ4v) is 1.54. The minimum atomic E-state index is -0.503. The summed E-state index contributed by atoms with van der Waals surface area (Å²) in [6.45, 7) is 3.77. The number of carbonyl (C=O) groups excluding carboxylic acids is 1. The van der Waals surface area contributed by atoms with E-state index >= 15 is 0 Å². The highest BCUT2D eigenvalue weighted by Gasteiger charge is 2.18. The normalized spacial score (nSPS) is 10.1. The predicted molar refractivity (Wildman–Crippen MR) is 66.0 cm³/mol. The maximum atomic E-state index is 11.8. The smallest absolute Gasteiger partial charge is 0.361 e. The molecule has 0 radical (unpaired) electrons. The van der Waals surface area contributed by atoms with E-state index in [1.165, 1.54) is 0 Å². The number of hydrogen-bond acceptors (Lipinski definition) is 5. The lowest BCUT2D eigenvalue weighted by atomic mass is 10.1. The topological polar surface area (TPSA) is 65.0 Å². The van der Waals surface area contributed by atoms with Crippen LogP contribution in [0.1, 0.15) is 23.2 Å². The lowest BCUT2D eigenvalue weighted by Gasteiger charge is -2.06. The molecule has 1 heterocycles. The van der Waals surface area contributed by atoms with Gasteiger partial charge in [-0.15, -0.1) is 10.2 Å². The van der Waals surface area contributed by atoms with Gasteiger partial charge in [-0.25, -0.2) is 9.78 Å². The predicted octanol–water partition coefficient (Wildman–Crippen LogP) is 2.02. The van der Waals surface area contributed by atoms with Gasteiger partial charge in [0, 0.05) is 5.56 Å². The Hall–Kier alpha value is -2.30. The van der Waals surface area contributed by atoms with Crippen LogP contribution in [0.25, 0.3) is 11.3 Å². The number of aromatic nitrogens is 3. The zero-order valence-electron chi connectivity index (χ0n) is 10.3. The molecule has 0 saturated carbocycles. The van der Waals surface area contributed by atoms with Crippen molar-refractivity contribution in [3.05, 3.63) is 41.9 Å². The summed E-state index contributed by atoms with van der Waals surface area (Å²) in [4.78, 5) is 16.1. The molecule has 2 rings (SSSR count). The summed E-state index contributed by atoms with van der Waals surface area (Å²) < 4.78 is 4.95. The second-order valence-corrected chi connectivity index (χ2v) is 3.64. The fraction of sp³-hybridized carbons (Fsp3) is 0.231. The molecule has 0 aliphatic heterocycles. The van der Waals surface area contributed by atoms with E-state index in [-0.39, 0.29) is 5.69 Å². The SMILES string of the molecule is CCOC(=O)c1nnc(C)nc1-c1ccccc1. The van der Waals surface area contributed by atoms with Gasteiger partial charge < -0.3 is 4.74 Å². The van der Waals surface area contributed by atoms with Crippen LogP contribution >= 0.6 is 0 Å². The highest BCUT2D eigenvalue weighted by atomic mass is 16.5. The number of nitrogens with zero attached hydrogens (tertiary/aromatic N) is 3. The van der Waals surface area contributed by atoms with E-state index in [0.29, 0.717) is 18.1 Å². The Labute approximate surface area is 105 Å². The molecule has 0 bridgehead atoms. The lowest BCUT2D eigenvalue weighted by Crippen LogP contribution is -2.12. The molecular formula is C13H13N3O2. The molecule has 18 heavy (non-hydrogen) atoms. The van der Waals surface area contributed by atoms with Gasteiger partial charge in [0.05, 0.1) is 6.61 Å². The summed E-state index contributed by atoms with van der Waals surface area (Å²) in [6, 6.07) is 9.39. The van der Waals surface area contributed by atoms with Crippen molar-refractivity contribution in [2.45, 2.75) is 13.8 Å². The monoisotopic (exact) mass is 243 g/mol. The van der Waals surface area contributed by atoms with Crippen LogP contribution in [0.3, 0.4) is 0 Å². The molecule has 5 heteroatoms. The van der Waals surface area contributed by atoms with E-state index in [4.69, 9.17) is 4.74 Å². The molecule has 1 aromatic carbocycles. The summed E-state index contributed by atoms with van der Waals surface area (Å²) in [5.41, 5.74) is 1.47. The van der Waals surface area contributed by atoms with E-state index in [9.17, 15) is 4.79 Å². The van der Waals surface area contributed by atoms with E-state index in [1.54, 1.807) is 13.8 Å². The zero-order valence-corrected chi connectivity index (χ0v) is 10.3. The summed E-state index contributed by atoms with van der Waals surface area (Å²) in [5, 5.41) is 7.69. The Bertz CT molecular complexity index is 555. The van der Waals surface area contributed by atoms with Crippen LogP contribution in [0.2, 0.25) is 0 Å². The number of carbonyl (C=O) groups is 1. The Kier molecular flexibility index (Phi) is 3.62. The van der Waals surface area contributed by atoms with Crippen molar-refractivity contribution in [1.82, 2.24) is 15.2 Å². The molecule has 0 spiro atoms. The Morgan fingerprint density at radius 3 is 2.61 bits per heavy atom. The van der Waals surface area contributed by atoms with Crippen LogP contribution in [0.4, 0.5) is 0 Å². The van der Waals surface area contributed by atoms with Crippen LogP contribution in [-0.2, 0) is 4.74 Å². The third-order valence-electron chi connectivity index (χ3n) is 2.31. The average Bonchev–Trinajstić information content (AvgIpc) is 2.40. The maximum Gasteiger partial charge on any atom is 0.361 e. The van der Waals surface area contributed by atoms with Crippen LogP contribution in [-0.4, -0.2) is 27.8 Å². The number of benzene rings is 1. The quantitative estimate of drug-likeness (QED) is 0.772.